The molecule has 1 aliphatic rings. The monoisotopic (exact) mass is 261 g/mol. The van der Waals surface area contributed by atoms with Crippen molar-refractivity contribution in [2.75, 3.05) is 6.54 Å². The molecule has 1 aliphatic heterocycles. The van der Waals surface area contributed by atoms with E-state index in [0.29, 0.717) is 11.5 Å². The third kappa shape index (κ3) is 2.46. The van der Waals surface area contributed by atoms with Crippen LogP contribution in [0, 0.1) is 11.6 Å². The first kappa shape index (κ1) is 12.2. The van der Waals surface area contributed by atoms with Gasteiger partial charge in [0.1, 0.15) is 17.5 Å². The van der Waals surface area contributed by atoms with E-state index in [4.69, 9.17) is 0 Å². The minimum Gasteiger partial charge on any atom is -0.307 e. The summed E-state index contributed by atoms with van der Waals surface area (Å²) in [6.45, 7) is 0.937. The van der Waals surface area contributed by atoms with E-state index in [2.05, 4.69) is 15.3 Å². The van der Waals surface area contributed by atoms with Crippen molar-refractivity contribution in [2.24, 2.45) is 0 Å². The molecule has 1 N–H and O–H groups in total. The van der Waals surface area contributed by atoms with Crippen LogP contribution < -0.4 is 5.32 Å². The van der Waals surface area contributed by atoms with Crippen LogP contribution in [-0.2, 0) is 0 Å². The summed E-state index contributed by atoms with van der Waals surface area (Å²) in [5, 5.41) is 3.28. The quantitative estimate of drug-likeness (QED) is 0.903. The summed E-state index contributed by atoms with van der Waals surface area (Å²) < 4.78 is 26.9. The first-order valence-electron chi connectivity index (χ1n) is 6.26. The third-order valence-corrected chi connectivity index (χ3v) is 3.25. The molecule has 0 bridgehead atoms. The van der Waals surface area contributed by atoms with Crippen LogP contribution in [0.2, 0.25) is 0 Å². The summed E-state index contributed by atoms with van der Waals surface area (Å²) in [5.74, 6) is -0.320. The summed E-state index contributed by atoms with van der Waals surface area (Å²) >= 11 is 0. The van der Waals surface area contributed by atoms with Crippen LogP contribution in [0.5, 0.6) is 0 Å². The normalized spacial score (nSPS) is 18.7. The largest absolute Gasteiger partial charge is 0.307 e. The number of aromatic nitrogens is 2. The van der Waals surface area contributed by atoms with Crippen LogP contribution in [0.25, 0.3) is 11.3 Å². The lowest BCUT2D eigenvalue weighted by molar-refractivity contribution is 0.597. The number of rotatable bonds is 2. The molecule has 1 fully saturated rings. The molecule has 1 atom stereocenters. The Balaban J connectivity index is 2.00. The van der Waals surface area contributed by atoms with Gasteiger partial charge in [0, 0.05) is 11.8 Å². The second kappa shape index (κ2) is 5.01. The van der Waals surface area contributed by atoms with Gasteiger partial charge in [0.2, 0.25) is 0 Å². The average Bonchev–Trinajstić information content (AvgIpc) is 2.96. The molecule has 0 aliphatic carbocycles. The molecular weight excluding hydrogens is 248 g/mol. The van der Waals surface area contributed by atoms with E-state index >= 15 is 0 Å². The molecule has 1 unspecified atom stereocenters. The molecule has 3 rings (SSSR count). The van der Waals surface area contributed by atoms with E-state index in [-0.39, 0.29) is 11.6 Å². The Hall–Kier alpha value is -1.88. The number of nitrogens with zero attached hydrogens (tertiary/aromatic N) is 2. The Morgan fingerprint density at radius 2 is 2.11 bits per heavy atom. The van der Waals surface area contributed by atoms with Crippen molar-refractivity contribution in [3.05, 3.63) is 47.9 Å². The first-order chi connectivity index (χ1) is 9.24. The predicted molar refractivity (Wildman–Crippen MR) is 67.4 cm³/mol. The number of benzene rings is 1. The zero-order valence-electron chi connectivity index (χ0n) is 10.2. The predicted octanol–water partition coefficient (Wildman–Crippen LogP) is 2.85. The Labute approximate surface area is 109 Å². The van der Waals surface area contributed by atoms with Gasteiger partial charge in [-0.3, -0.25) is 0 Å². The van der Waals surface area contributed by atoms with E-state index in [9.17, 15) is 8.78 Å². The summed E-state index contributed by atoms with van der Waals surface area (Å²) in [7, 11) is 0. The van der Waals surface area contributed by atoms with Gasteiger partial charge in [0.05, 0.1) is 11.7 Å². The minimum absolute atomic E-state index is 0.108. The van der Waals surface area contributed by atoms with E-state index in [1.165, 1.54) is 0 Å². The fourth-order valence-electron chi connectivity index (χ4n) is 2.29. The molecule has 3 nitrogen and oxygen atoms in total. The summed E-state index contributed by atoms with van der Waals surface area (Å²) in [6.07, 6.45) is 3.63. The Morgan fingerprint density at radius 1 is 1.21 bits per heavy atom. The highest BCUT2D eigenvalue weighted by Crippen LogP contribution is 2.25. The van der Waals surface area contributed by atoms with E-state index in [0.717, 1.165) is 37.6 Å². The number of nitrogens with one attached hydrogen (secondary N) is 1. The second-order valence-corrected chi connectivity index (χ2v) is 4.57. The minimum atomic E-state index is -0.481. The van der Waals surface area contributed by atoms with Gasteiger partial charge in [-0.2, -0.15) is 0 Å². The molecule has 0 amide bonds. The van der Waals surface area contributed by atoms with Crippen LogP contribution in [0.4, 0.5) is 8.78 Å². The molecule has 2 aromatic rings. The molecule has 0 saturated carbocycles. The summed E-state index contributed by atoms with van der Waals surface area (Å²) in [4.78, 5) is 8.56. The molecule has 5 heteroatoms. The lowest BCUT2D eigenvalue weighted by Gasteiger charge is -2.10. The van der Waals surface area contributed by atoms with Crippen LogP contribution in [-0.4, -0.2) is 16.5 Å². The molecule has 1 aromatic heterocycles. The lowest BCUT2D eigenvalue weighted by Crippen LogP contribution is -2.16. The maximum atomic E-state index is 13.7. The smallest absolute Gasteiger partial charge is 0.145 e. The molecule has 2 heterocycles. The standard InChI is InChI=1S/C14H13F2N3/c15-9-3-4-11(16)10(8-9)12-5-7-18-14(19-12)13-2-1-6-17-13/h3-5,7-8,13,17H,1-2,6H2. The molecule has 1 saturated heterocycles. The number of halogens is 2. The van der Waals surface area contributed by atoms with Crippen LogP contribution in [0.15, 0.2) is 30.5 Å². The zero-order valence-corrected chi connectivity index (χ0v) is 10.2. The Bertz CT molecular complexity index is 595. The topological polar surface area (TPSA) is 37.8 Å². The van der Waals surface area contributed by atoms with Crippen molar-refractivity contribution < 1.29 is 8.78 Å². The van der Waals surface area contributed by atoms with Gasteiger partial charge in [-0.1, -0.05) is 0 Å². The van der Waals surface area contributed by atoms with Gasteiger partial charge < -0.3 is 5.32 Å². The summed E-state index contributed by atoms with van der Waals surface area (Å²) in [5.41, 5.74) is 0.581. The van der Waals surface area contributed by atoms with Gasteiger partial charge in [-0.25, -0.2) is 18.7 Å². The highest BCUT2D eigenvalue weighted by atomic mass is 19.1. The van der Waals surface area contributed by atoms with Gasteiger partial charge in [-0.15, -0.1) is 0 Å². The van der Waals surface area contributed by atoms with Crippen molar-refractivity contribution in [2.45, 2.75) is 18.9 Å². The number of hydrogen-bond acceptors (Lipinski definition) is 3. The molecular formula is C14H13F2N3. The van der Waals surface area contributed by atoms with Crippen LogP contribution in [0.3, 0.4) is 0 Å². The molecule has 0 spiro atoms. The highest BCUT2D eigenvalue weighted by molar-refractivity contribution is 5.59. The SMILES string of the molecule is Fc1ccc(F)c(-c2ccnc(C3CCCN3)n2)c1. The lowest BCUT2D eigenvalue weighted by atomic mass is 10.1. The highest BCUT2D eigenvalue weighted by Gasteiger charge is 2.19. The average molecular weight is 261 g/mol. The van der Waals surface area contributed by atoms with Gasteiger partial charge in [0.25, 0.3) is 0 Å². The third-order valence-electron chi connectivity index (χ3n) is 3.25. The van der Waals surface area contributed by atoms with Crippen molar-refractivity contribution in [1.82, 2.24) is 15.3 Å². The number of hydrogen-bond donors (Lipinski definition) is 1. The fraction of sp³-hybridized carbons (Fsp3) is 0.286. The van der Waals surface area contributed by atoms with Crippen molar-refractivity contribution in [3.8, 4) is 11.3 Å². The first-order valence-corrected chi connectivity index (χ1v) is 6.26. The maximum absolute atomic E-state index is 13.7. The Kier molecular flexibility index (Phi) is 3.21. The molecule has 1 aromatic carbocycles. The van der Waals surface area contributed by atoms with E-state index in [1.807, 2.05) is 0 Å². The van der Waals surface area contributed by atoms with Crippen LogP contribution >= 0.6 is 0 Å². The van der Waals surface area contributed by atoms with Crippen LogP contribution in [0.1, 0.15) is 24.7 Å². The van der Waals surface area contributed by atoms with Crippen molar-refractivity contribution in [1.29, 1.82) is 0 Å². The maximum Gasteiger partial charge on any atom is 0.145 e. The van der Waals surface area contributed by atoms with Gasteiger partial charge in [-0.05, 0) is 43.7 Å². The Morgan fingerprint density at radius 3 is 2.89 bits per heavy atom. The summed E-state index contributed by atoms with van der Waals surface area (Å²) in [6, 6.07) is 5.07. The van der Waals surface area contributed by atoms with Gasteiger partial charge in [0.15, 0.2) is 0 Å². The zero-order chi connectivity index (χ0) is 13.2. The molecule has 0 radical (unpaired) electrons. The van der Waals surface area contributed by atoms with E-state index < -0.39 is 11.6 Å². The fourth-order valence-corrected chi connectivity index (χ4v) is 2.29. The second-order valence-electron chi connectivity index (χ2n) is 4.57. The molecule has 19 heavy (non-hydrogen) atoms. The molecule has 98 valence electrons. The van der Waals surface area contributed by atoms with Crippen molar-refractivity contribution >= 4 is 0 Å². The van der Waals surface area contributed by atoms with Crippen molar-refractivity contribution in [3.63, 3.8) is 0 Å². The van der Waals surface area contributed by atoms with E-state index in [1.54, 1.807) is 12.3 Å². The van der Waals surface area contributed by atoms with Gasteiger partial charge >= 0.3 is 0 Å².